The molecule has 2 nitrogen and oxygen atoms in total. The van der Waals surface area contributed by atoms with Gasteiger partial charge in [0.1, 0.15) is 0 Å². The highest BCUT2D eigenvalue weighted by atomic mass is 16.4. The van der Waals surface area contributed by atoms with Gasteiger partial charge >= 0.3 is 5.97 Å². The molecule has 0 aliphatic heterocycles. The van der Waals surface area contributed by atoms with Gasteiger partial charge in [-0.25, -0.2) is 0 Å². The lowest BCUT2D eigenvalue weighted by atomic mass is 9.88. The quantitative estimate of drug-likeness (QED) is 0.635. The molecule has 3 atom stereocenters. The van der Waals surface area contributed by atoms with E-state index in [0.29, 0.717) is 0 Å². The average Bonchev–Trinajstić information content (AvgIpc) is 2.75. The largest absolute Gasteiger partial charge is 0.481 e. The van der Waals surface area contributed by atoms with E-state index in [1.54, 1.807) is 0 Å². The fourth-order valence-electron chi connectivity index (χ4n) is 3.19. The summed E-state index contributed by atoms with van der Waals surface area (Å²) in [5, 5.41) is 8.78. The van der Waals surface area contributed by atoms with Gasteiger partial charge in [-0.05, 0) is 18.3 Å². The molecule has 0 aromatic rings. The zero-order valence-corrected chi connectivity index (χ0v) is 11.5. The lowest BCUT2D eigenvalue weighted by Crippen LogP contribution is -2.09. The van der Waals surface area contributed by atoms with Crippen molar-refractivity contribution in [3.8, 4) is 0 Å². The van der Waals surface area contributed by atoms with Crippen molar-refractivity contribution >= 4 is 5.97 Å². The van der Waals surface area contributed by atoms with Crippen LogP contribution in [0.3, 0.4) is 0 Å². The Morgan fingerprint density at radius 1 is 1.24 bits per heavy atom. The molecule has 17 heavy (non-hydrogen) atoms. The summed E-state index contributed by atoms with van der Waals surface area (Å²) < 4.78 is 0. The number of rotatable bonds is 8. The van der Waals surface area contributed by atoms with Crippen LogP contribution in [-0.4, -0.2) is 11.1 Å². The SMILES string of the molecule is CCC1CCCC1CCCCCC(C)C(=O)O. The lowest BCUT2D eigenvalue weighted by molar-refractivity contribution is -0.141. The maximum atomic E-state index is 10.7. The van der Waals surface area contributed by atoms with Gasteiger partial charge in [0, 0.05) is 0 Å². The molecule has 1 saturated carbocycles. The molecular weight excluding hydrogens is 212 g/mol. The maximum Gasteiger partial charge on any atom is 0.306 e. The number of hydrogen-bond acceptors (Lipinski definition) is 1. The van der Waals surface area contributed by atoms with E-state index in [-0.39, 0.29) is 5.92 Å². The molecule has 0 bridgehead atoms. The second-order valence-corrected chi connectivity index (χ2v) is 5.74. The van der Waals surface area contributed by atoms with Gasteiger partial charge in [-0.2, -0.15) is 0 Å². The normalized spacial score (nSPS) is 26.0. The van der Waals surface area contributed by atoms with E-state index in [1.165, 1.54) is 44.9 Å². The minimum absolute atomic E-state index is 0.162. The topological polar surface area (TPSA) is 37.3 Å². The van der Waals surface area contributed by atoms with Crippen molar-refractivity contribution in [1.82, 2.24) is 0 Å². The van der Waals surface area contributed by atoms with Crippen molar-refractivity contribution in [2.24, 2.45) is 17.8 Å². The molecule has 1 N–H and O–H groups in total. The Kier molecular flexibility index (Phi) is 6.61. The highest BCUT2D eigenvalue weighted by Gasteiger charge is 2.24. The van der Waals surface area contributed by atoms with Crippen LogP contribution in [0.15, 0.2) is 0 Å². The number of carboxylic acids is 1. The molecule has 0 saturated heterocycles. The predicted octanol–water partition coefficient (Wildman–Crippen LogP) is 4.48. The minimum atomic E-state index is -0.646. The predicted molar refractivity (Wildman–Crippen MR) is 71.0 cm³/mol. The van der Waals surface area contributed by atoms with Crippen molar-refractivity contribution in [3.05, 3.63) is 0 Å². The standard InChI is InChI=1S/C15H28O2/c1-3-13-10-7-11-14(13)9-6-4-5-8-12(2)15(16)17/h12-14H,3-11H2,1-2H3,(H,16,17). The van der Waals surface area contributed by atoms with E-state index in [0.717, 1.165) is 24.7 Å². The fraction of sp³-hybridized carbons (Fsp3) is 0.933. The van der Waals surface area contributed by atoms with Gasteiger partial charge in [0.05, 0.1) is 5.92 Å². The van der Waals surface area contributed by atoms with Crippen molar-refractivity contribution in [3.63, 3.8) is 0 Å². The Bertz CT molecular complexity index is 225. The highest BCUT2D eigenvalue weighted by Crippen LogP contribution is 2.37. The molecule has 1 rings (SSSR count). The van der Waals surface area contributed by atoms with Crippen LogP contribution in [0.1, 0.15) is 71.6 Å². The first-order valence-corrected chi connectivity index (χ1v) is 7.38. The van der Waals surface area contributed by atoms with Crippen LogP contribution >= 0.6 is 0 Å². The Labute approximate surface area is 106 Å². The molecular formula is C15H28O2. The lowest BCUT2D eigenvalue weighted by Gasteiger charge is -2.17. The second kappa shape index (κ2) is 7.73. The van der Waals surface area contributed by atoms with E-state index in [9.17, 15) is 4.79 Å². The molecule has 0 aromatic heterocycles. The maximum absolute atomic E-state index is 10.7. The molecule has 3 unspecified atom stereocenters. The molecule has 0 radical (unpaired) electrons. The number of unbranched alkanes of at least 4 members (excludes halogenated alkanes) is 2. The van der Waals surface area contributed by atoms with Gasteiger partial charge in [0.15, 0.2) is 0 Å². The highest BCUT2D eigenvalue weighted by molar-refractivity contribution is 5.69. The Morgan fingerprint density at radius 2 is 1.94 bits per heavy atom. The number of carbonyl (C=O) groups is 1. The van der Waals surface area contributed by atoms with Crippen LogP contribution in [0, 0.1) is 17.8 Å². The third kappa shape index (κ3) is 5.10. The summed E-state index contributed by atoms with van der Waals surface area (Å²) in [5.41, 5.74) is 0. The summed E-state index contributed by atoms with van der Waals surface area (Å²) in [5.74, 6) is 1.14. The molecule has 1 aliphatic carbocycles. The van der Waals surface area contributed by atoms with E-state index >= 15 is 0 Å². The Hall–Kier alpha value is -0.530. The summed E-state index contributed by atoms with van der Waals surface area (Å²) in [6.07, 6.45) is 11.5. The molecule has 0 amide bonds. The van der Waals surface area contributed by atoms with E-state index in [2.05, 4.69) is 6.92 Å². The number of hydrogen-bond donors (Lipinski definition) is 1. The second-order valence-electron chi connectivity index (χ2n) is 5.74. The molecule has 0 aromatic carbocycles. The van der Waals surface area contributed by atoms with Crippen LogP contribution in [0.5, 0.6) is 0 Å². The van der Waals surface area contributed by atoms with Crippen LogP contribution < -0.4 is 0 Å². The van der Waals surface area contributed by atoms with Crippen molar-refractivity contribution in [2.75, 3.05) is 0 Å². The third-order valence-corrected chi connectivity index (χ3v) is 4.47. The van der Waals surface area contributed by atoms with E-state index < -0.39 is 5.97 Å². The summed E-state index contributed by atoms with van der Waals surface area (Å²) in [6, 6.07) is 0. The van der Waals surface area contributed by atoms with Gasteiger partial charge in [0.25, 0.3) is 0 Å². The summed E-state index contributed by atoms with van der Waals surface area (Å²) in [6.45, 7) is 4.13. The summed E-state index contributed by atoms with van der Waals surface area (Å²) in [4.78, 5) is 10.7. The summed E-state index contributed by atoms with van der Waals surface area (Å²) >= 11 is 0. The van der Waals surface area contributed by atoms with Gasteiger partial charge in [0.2, 0.25) is 0 Å². The molecule has 0 spiro atoms. The average molecular weight is 240 g/mol. The van der Waals surface area contributed by atoms with E-state index in [4.69, 9.17) is 5.11 Å². The zero-order valence-electron chi connectivity index (χ0n) is 11.5. The Morgan fingerprint density at radius 3 is 2.59 bits per heavy atom. The molecule has 2 heteroatoms. The van der Waals surface area contributed by atoms with Gasteiger partial charge < -0.3 is 5.11 Å². The third-order valence-electron chi connectivity index (χ3n) is 4.47. The summed E-state index contributed by atoms with van der Waals surface area (Å²) in [7, 11) is 0. The molecule has 1 aliphatic rings. The smallest absolute Gasteiger partial charge is 0.306 e. The van der Waals surface area contributed by atoms with Crippen molar-refractivity contribution in [1.29, 1.82) is 0 Å². The minimum Gasteiger partial charge on any atom is -0.481 e. The number of carboxylic acid groups (broad SMARTS) is 1. The first kappa shape index (κ1) is 14.5. The first-order chi connectivity index (χ1) is 8.15. The van der Waals surface area contributed by atoms with Crippen LogP contribution in [0.2, 0.25) is 0 Å². The first-order valence-electron chi connectivity index (χ1n) is 7.38. The fourth-order valence-corrected chi connectivity index (χ4v) is 3.19. The van der Waals surface area contributed by atoms with Crippen LogP contribution in [-0.2, 0) is 4.79 Å². The van der Waals surface area contributed by atoms with Crippen molar-refractivity contribution < 1.29 is 9.90 Å². The van der Waals surface area contributed by atoms with Gasteiger partial charge in [-0.15, -0.1) is 0 Å². The van der Waals surface area contributed by atoms with Gasteiger partial charge in [-0.1, -0.05) is 65.2 Å². The number of aliphatic carboxylic acids is 1. The molecule has 0 heterocycles. The van der Waals surface area contributed by atoms with Crippen LogP contribution in [0.25, 0.3) is 0 Å². The Balaban J connectivity index is 2.02. The van der Waals surface area contributed by atoms with Crippen molar-refractivity contribution in [2.45, 2.75) is 71.6 Å². The molecule has 1 fully saturated rings. The molecule has 100 valence electrons. The monoisotopic (exact) mass is 240 g/mol. The van der Waals surface area contributed by atoms with Crippen LogP contribution in [0.4, 0.5) is 0 Å². The zero-order chi connectivity index (χ0) is 12.7. The van der Waals surface area contributed by atoms with Gasteiger partial charge in [-0.3, -0.25) is 4.79 Å². The van der Waals surface area contributed by atoms with E-state index in [1.807, 2.05) is 6.92 Å².